The fourth-order valence-corrected chi connectivity index (χ4v) is 3.67. The van der Waals surface area contributed by atoms with Gasteiger partial charge in [-0.1, -0.05) is 12.1 Å². The number of urea groups is 1. The summed E-state index contributed by atoms with van der Waals surface area (Å²) in [5, 5.41) is 2.63. The molecule has 0 bridgehead atoms. The lowest BCUT2D eigenvalue weighted by atomic mass is 10.1. The highest BCUT2D eigenvalue weighted by molar-refractivity contribution is 5.88. The van der Waals surface area contributed by atoms with Gasteiger partial charge in [-0.15, -0.1) is 0 Å². The van der Waals surface area contributed by atoms with Crippen LogP contribution in [0, 0.1) is 0 Å². The van der Waals surface area contributed by atoms with Crippen LogP contribution in [0.15, 0.2) is 41.3 Å². The monoisotopic (exact) mass is 397 g/mol. The molecule has 2 aromatic rings. The van der Waals surface area contributed by atoms with Gasteiger partial charge in [0.25, 0.3) is 0 Å². The van der Waals surface area contributed by atoms with Gasteiger partial charge in [0.15, 0.2) is 0 Å². The van der Waals surface area contributed by atoms with Crippen molar-refractivity contribution in [1.82, 2.24) is 19.4 Å². The van der Waals surface area contributed by atoms with E-state index in [1.165, 1.54) is 10.1 Å². The average molecular weight is 397 g/mol. The molecule has 154 valence electrons. The first-order valence-electron chi connectivity index (χ1n) is 9.96. The van der Waals surface area contributed by atoms with E-state index in [4.69, 9.17) is 11.5 Å². The molecule has 0 atom stereocenters. The number of benzene rings is 1. The minimum atomic E-state index is -0.444. The number of likely N-dealkylation sites (tertiary alicyclic amines) is 2. The number of hydrogen-bond donors (Lipinski definition) is 3. The van der Waals surface area contributed by atoms with Gasteiger partial charge in [-0.05, 0) is 49.7 Å². The second kappa shape index (κ2) is 8.32. The number of amides is 2. The van der Waals surface area contributed by atoms with E-state index in [1.54, 1.807) is 17.2 Å². The van der Waals surface area contributed by atoms with Crippen LogP contribution < -0.4 is 22.5 Å². The van der Waals surface area contributed by atoms with E-state index in [0.717, 1.165) is 38.2 Å². The smallest absolute Gasteiger partial charge is 0.328 e. The molecule has 29 heavy (non-hydrogen) atoms. The third-order valence-corrected chi connectivity index (χ3v) is 5.49. The first-order chi connectivity index (χ1) is 14.0. The summed E-state index contributed by atoms with van der Waals surface area (Å²) in [6.45, 7) is 3.94. The van der Waals surface area contributed by atoms with Gasteiger partial charge in [-0.3, -0.25) is 14.8 Å². The molecular weight excluding hydrogens is 370 g/mol. The molecule has 0 saturated carbocycles. The predicted molar refractivity (Wildman–Crippen MR) is 111 cm³/mol. The summed E-state index contributed by atoms with van der Waals surface area (Å²) >= 11 is 0. The fourth-order valence-electron chi connectivity index (χ4n) is 3.67. The molecule has 9 nitrogen and oxygen atoms in total. The van der Waals surface area contributed by atoms with Gasteiger partial charge in [0.05, 0.1) is 5.69 Å². The molecule has 2 aliphatic heterocycles. The molecule has 2 amide bonds. The van der Waals surface area contributed by atoms with Gasteiger partial charge in [-0.2, -0.15) is 4.98 Å². The zero-order chi connectivity index (χ0) is 20.4. The normalized spacial score (nSPS) is 18.5. The van der Waals surface area contributed by atoms with Crippen LogP contribution in [0.3, 0.4) is 0 Å². The van der Waals surface area contributed by atoms with E-state index >= 15 is 0 Å². The minimum Gasteiger partial charge on any atom is -0.328 e. The van der Waals surface area contributed by atoms with Gasteiger partial charge < -0.3 is 16.4 Å². The molecule has 1 aromatic heterocycles. The maximum atomic E-state index is 12.4. The molecule has 0 radical (unpaired) electrons. The Bertz CT molecular complexity index is 913. The SMILES string of the molecule is NC1CCN(Cc2ccc(-n3ccc(NC(=O)N4CC(N)C4)nc3=O)cc2)CC1. The average Bonchev–Trinajstić information content (AvgIpc) is 2.68. The molecule has 2 aliphatic rings. The summed E-state index contributed by atoms with van der Waals surface area (Å²) in [5.41, 5.74) is 13.1. The van der Waals surface area contributed by atoms with E-state index in [1.807, 2.05) is 24.3 Å². The summed E-state index contributed by atoms with van der Waals surface area (Å²) < 4.78 is 1.46. The van der Waals surface area contributed by atoms with Gasteiger partial charge in [0, 0.05) is 37.9 Å². The molecule has 0 aliphatic carbocycles. The number of carbonyl (C=O) groups is 1. The van der Waals surface area contributed by atoms with Crippen LogP contribution in [0.2, 0.25) is 0 Å². The topological polar surface area (TPSA) is 123 Å². The van der Waals surface area contributed by atoms with E-state index in [9.17, 15) is 9.59 Å². The molecule has 5 N–H and O–H groups in total. The molecule has 4 rings (SSSR count). The Balaban J connectivity index is 1.39. The maximum absolute atomic E-state index is 12.4. The van der Waals surface area contributed by atoms with Crippen LogP contribution >= 0.6 is 0 Å². The van der Waals surface area contributed by atoms with Crippen molar-refractivity contribution in [3.8, 4) is 5.69 Å². The summed E-state index contributed by atoms with van der Waals surface area (Å²) in [4.78, 5) is 32.4. The molecule has 2 fully saturated rings. The standard InChI is InChI=1S/C20H27N7O2/c21-15-5-8-25(9-6-15)11-14-1-3-17(4-2-14)27-10-7-18(24-20(27)29)23-19(28)26-12-16(22)13-26/h1-4,7,10,15-16H,5-6,8-9,11-13,21-22H2,(H,23,24,28,29). The Kier molecular flexibility index (Phi) is 5.61. The summed E-state index contributed by atoms with van der Waals surface area (Å²) in [7, 11) is 0. The van der Waals surface area contributed by atoms with E-state index in [-0.39, 0.29) is 17.9 Å². The molecule has 1 aromatic carbocycles. The van der Waals surface area contributed by atoms with Crippen molar-refractivity contribution in [3.63, 3.8) is 0 Å². The number of anilines is 1. The van der Waals surface area contributed by atoms with Crippen LogP contribution in [-0.2, 0) is 6.54 Å². The number of nitrogens with two attached hydrogens (primary N) is 2. The number of aromatic nitrogens is 2. The number of carbonyl (C=O) groups excluding carboxylic acids is 1. The Morgan fingerprint density at radius 2 is 1.76 bits per heavy atom. The third-order valence-electron chi connectivity index (χ3n) is 5.49. The lowest BCUT2D eigenvalue weighted by Gasteiger charge is -2.36. The van der Waals surface area contributed by atoms with Crippen molar-refractivity contribution in [1.29, 1.82) is 0 Å². The Morgan fingerprint density at radius 1 is 1.07 bits per heavy atom. The molecule has 2 saturated heterocycles. The number of rotatable bonds is 4. The lowest BCUT2D eigenvalue weighted by Crippen LogP contribution is -2.59. The number of hydrogen-bond acceptors (Lipinski definition) is 6. The van der Waals surface area contributed by atoms with Crippen molar-refractivity contribution in [3.05, 3.63) is 52.6 Å². The molecule has 9 heteroatoms. The van der Waals surface area contributed by atoms with Gasteiger partial charge >= 0.3 is 11.7 Å². The second-order valence-electron chi connectivity index (χ2n) is 7.84. The van der Waals surface area contributed by atoms with E-state index in [0.29, 0.717) is 19.1 Å². The zero-order valence-electron chi connectivity index (χ0n) is 16.3. The summed E-state index contributed by atoms with van der Waals surface area (Å²) in [6, 6.07) is 9.55. The number of nitrogens with zero attached hydrogens (tertiary/aromatic N) is 4. The quantitative estimate of drug-likeness (QED) is 0.683. The van der Waals surface area contributed by atoms with Gasteiger partial charge in [0.1, 0.15) is 5.82 Å². The first-order valence-corrected chi connectivity index (χ1v) is 9.96. The highest BCUT2D eigenvalue weighted by Gasteiger charge is 2.27. The van der Waals surface area contributed by atoms with Crippen molar-refractivity contribution in [2.75, 3.05) is 31.5 Å². The summed E-state index contributed by atoms with van der Waals surface area (Å²) in [5.74, 6) is 0.233. The molecule has 0 spiro atoms. The van der Waals surface area contributed by atoms with Gasteiger partial charge in [-0.25, -0.2) is 9.59 Å². The Morgan fingerprint density at radius 3 is 2.38 bits per heavy atom. The molecular formula is C20H27N7O2. The maximum Gasteiger partial charge on any atom is 0.354 e. The number of nitrogens with one attached hydrogen (secondary N) is 1. The fraction of sp³-hybridized carbons (Fsp3) is 0.450. The zero-order valence-corrected chi connectivity index (χ0v) is 16.3. The van der Waals surface area contributed by atoms with Crippen LogP contribution in [0.5, 0.6) is 0 Å². The molecule has 3 heterocycles. The largest absolute Gasteiger partial charge is 0.354 e. The Hall–Kier alpha value is -2.75. The van der Waals surface area contributed by atoms with Crippen molar-refractivity contribution < 1.29 is 4.79 Å². The first kappa shape index (κ1) is 19.6. The Labute approximate surface area is 169 Å². The van der Waals surface area contributed by atoms with E-state index in [2.05, 4.69) is 15.2 Å². The van der Waals surface area contributed by atoms with Crippen LogP contribution in [-0.4, -0.2) is 63.6 Å². The van der Waals surface area contributed by atoms with Crippen LogP contribution in [0.25, 0.3) is 5.69 Å². The third kappa shape index (κ3) is 4.64. The van der Waals surface area contributed by atoms with Crippen molar-refractivity contribution >= 4 is 11.8 Å². The highest BCUT2D eigenvalue weighted by Crippen LogP contribution is 2.15. The number of piperidine rings is 1. The predicted octanol–water partition coefficient (Wildman–Crippen LogP) is 0.330. The van der Waals surface area contributed by atoms with Crippen molar-refractivity contribution in [2.45, 2.75) is 31.5 Å². The lowest BCUT2D eigenvalue weighted by molar-refractivity contribution is 0.165. The molecule has 0 unspecified atom stereocenters. The van der Waals surface area contributed by atoms with Crippen LogP contribution in [0.4, 0.5) is 10.6 Å². The van der Waals surface area contributed by atoms with Gasteiger partial charge in [0.2, 0.25) is 0 Å². The highest BCUT2D eigenvalue weighted by atomic mass is 16.2. The van der Waals surface area contributed by atoms with E-state index < -0.39 is 5.69 Å². The van der Waals surface area contributed by atoms with Crippen LogP contribution in [0.1, 0.15) is 18.4 Å². The minimum absolute atomic E-state index is 0.0252. The second-order valence-corrected chi connectivity index (χ2v) is 7.84. The van der Waals surface area contributed by atoms with Crippen molar-refractivity contribution in [2.24, 2.45) is 11.5 Å². The summed E-state index contributed by atoms with van der Waals surface area (Å²) in [6.07, 6.45) is 3.69.